The molecule has 2 aliphatic carbocycles. The van der Waals surface area contributed by atoms with Crippen molar-refractivity contribution in [1.29, 1.82) is 0 Å². The number of amides is 4. The third-order valence-corrected chi connectivity index (χ3v) is 13.1. The van der Waals surface area contributed by atoms with Crippen LogP contribution in [0.4, 0.5) is 18.4 Å². The van der Waals surface area contributed by atoms with Crippen LogP contribution in [0, 0.1) is 17.8 Å². The molecule has 2 aliphatic heterocycles. The van der Waals surface area contributed by atoms with E-state index in [0.717, 1.165) is 30.5 Å². The van der Waals surface area contributed by atoms with Crippen LogP contribution in [0.2, 0.25) is 0 Å². The molecule has 5 aromatic rings. The first-order chi connectivity index (χ1) is 30.2. The molecule has 2 fully saturated rings. The lowest BCUT2D eigenvalue weighted by Crippen LogP contribution is -2.51. The van der Waals surface area contributed by atoms with E-state index < -0.39 is 30.2 Å². The number of methoxy groups -OCH3 is 2. The fourth-order valence-electron chi connectivity index (χ4n) is 9.79. The normalized spacial score (nSPS) is 20.5. The second-order valence-electron chi connectivity index (χ2n) is 17.6. The third-order valence-electron chi connectivity index (χ3n) is 13.1. The van der Waals surface area contributed by atoms with Crippen molar-refractivity contribution in [3.63, 3.8) is 0 Å². The topological polar surface area (TPSA) is 175 Å². The molecule has 2 bridgehead atoms. The highest BCUT2D eigenvalue weighted by Gasteiger charge is 2.48. The van der Waals surface area contributed by atoms with Gasteiger partial charge in [0.25, 0.3) is 5.92 Å². The molecule has 9 rings (SSSR count). The van der Waals surface area contributed by atoms with Gasteiger partial charge in [-0.15, -0.1) is 0 Å². The number of carbonyl (C=O) groups is 4. The van der Waals surface area contributed by atoms with Crippen molar-refractivity contribution in [2.24, 2.45) is 17.8 Å². The molecule has 63 heavy (non-hydrogen) atoms. The molecular formula is C47H50F2N8O6. The van der Waals surface area contributed by atoms with E-state index in [0.29, 0.717) is 63.6 Å². The van der Waals surface area contributed by atoms with Crippen LogP contribution < -0.4 is 10.6 Å². The molecule has 3 aromatic carbocycles. The second kappa shape index (κ2) is 16.0. The van der Waals surface area contributed by atoms with Crippen molar-refractivity contribution in [1.82, 2.24) is 40.4 Å². The summed E-state index contributed by atoms with van der Waals surface area (Å²) in [5.41, 5.74) is 5.44. The molecule has 2 saturated heterocycles. The van der Waals surface area contributed by atoms with Crippen molar-refractivity contribution in [3.05, 3.63) is 95.3 Å². The summed E-state index contributed by atoms with van der Waals surface area (Å²) >= 11 is 0. The lowest BCUT2D eigenvalue weighted by molar-refractivity contribution is -0.135. The van der Waals surface area contributed by atoms with Crippen molar-refractivity contribution < 1.29 is 37.4 Å². The van der Waals surface area contributed by atoms with Crippen molar-refractivity contribution >= 4 is 35.0 Å². The summed E-state index contributed by atoms with van der Waals surface area (Å²) in [4.78, 5) is 71.6. The zero-order chi connectivity index (χ0) is 44.5. The Labute approximate surface area is 362 Å². The molecule has 1 unspecified atom stereocenters. The molecule has 2 aromatic heterocycles. The predicted octanol–water partition coefficient (Wildman–Crippen LogP) is 8.34. The number of halogens is 2. The van der Waals surface area contributed by atoms with Crippen molar-refractivity contribution in [2.75, 3.05) is 20.8 Å². The van der Waals surface area contributed by atoms with Crippen LogP contribution in [-0.4, -0.2) is 86.6 Å². The summed E-state index contributed by atoms with van der Waals surface area (Å²) in [6.07, 6.45) is 5.24. The first-order valence-corrected chi connectivity index (χ1v) is 21.4. The maximum atomic E-state index is 16.6. The Morgan fingerprint density at radius 2 is 1.43 bits per heavy atom. The summed E-state index contributed by atoms with van der Waals surface area (Å²) in [5, 5.41) is 5.35. The number of alkyl carbamates (subject to hydrolysis) is 2. The van der Waals surface area contributed by atoms with Crippen LogP contribution in [0.5, 0.6) is 0 Å². The number of rotatable bonds is 10. The SMILES string of the molecule is COC(=O)N[C@H](C(=O)N1CCCC1c1ncc(-c2ccc3c(c2)C(F)(F)c2cc(-c4ccc5nc([C@@H]6[C@H]7CC=C(C7)N6C(=O)[C@@H](NC(=O)OC)C(C)C)[nH]c5c4)ccc2-3)[nH]1)C(C)C. The fourth-order valence-corrected chi connectivity index (χ4v) is 9.79. The van der Waals surface area contributed by atoms with Gasteiger partial charge in [0.2, 0.25) is 11.8 Å². The monoisotopic (exact) mass is 860 g/mol. The van der Waals surface area contributed by atoms with Gasteiger partial charge in [0, 0.05) is 28.9 Å². The zero-order valence-corrected chi connectivity index (χ0v) is 35.9. The number of hydrogen-bond donors (Lipinski definition) is 4. The summed E-state index contributed by atoms with van der Waals surface area (Å²) in [7, 11) is 2.52. The molecule has 0 saturated carbocycles. The van der Waals surface area contributed by atoms with Gasteiger partial charge in [-0.2, -0.15) is 8.78 Å². The minimum absolute atomic E-state index is 0.0899. The number of likely N-dealkylation sites (tertiary alicyclic amines) is 2. The minimum Gasteiger partial charge on any atom is -0.453 e. The van der Waals surface area contributed by atoms with Gasteiger partial charge in [0.05, 0.1) is 49.2 Å². The highest BCUT2D eigenvalue weighted by Crippen LogP contribution is 2.53. The van der Waals surface area contributed by atoms with E-state index in [4.69, 9.17) is 14.5 Å². The molecule has 4 aliphatic rings. The second-order valence-corrected chi connectivity index (χ2v) is 17.6. The molecule has 0 radical (unpaired) electrons. The minimum atomic E-state index is -3.29. The van der Waals surface area contributed by atoms with Gasteiger partial charge >= 0.3 is 12.2 Å². The molecule has 16 heteroatoms. The van der Waals surface area contributed by atoms with Crippen LogP contribution in [0.3, 0.4) is 0 Å². The van der Waals surface area contributed by atoms with Crippen molar-refractivity contribution in [3.8, 4) is 33.5 Å². The highest BCUT2D eigenvalue weighted by atomic mass is 19.3. The number of carbonyl (C=O) groups excluding carboxylic acids is 4. The van der Waals surface area contributed by atoms with Crippen LogP contribution in [0.15, 0.2) is 72.6 Å². The van der Waals surface area contributed by atoms with E-state index in [1.54, 1.807) is 40.3 Å². The number of alkyl halides is 2. The van der Waals surface area contributed by atoms with Gasteiger partial charge in [-0.05, 0) is 90.0 Å². The number of imidazole rings is 2. The molecule has 4 heterocycles. The number of nitrogens with zero attached hydrogens (tertiary/aromatic N) is 4. The number of hydrogen-bond acceptors (Lipinski definition) is 8. The van der Waals surface area contributed by atoms with Crippen LogP contribution in [0.25, 0.3) is 44.5 Å². The van der Waals surface area contributed by atoms with Crippen LogP contribution in [0.1, 0.15) is 88.2 Å². The molecule has 14 nitrogen and oxygen atoms in total. The Balaban J connectivity index is 0.953. The van der Waals surface area contributed by atoms with Crippen LogP contribution >= 0.6 is 0 Å². The van der Waals surface area contributed by atoms with Gasteiger partial charge in [-0.25, -0.2) is 19.6 Å². The first kappa shape index (κ1) is 41.8. The van der Waals surface area contributed by atoms with Crippen LogP contribution in [-0.2, 0) is 25.0 Å². The molecule has 0 spiro atoms. The third kappa shape index (κ3) is 7.18. The summed E-state index contributed by atoms with van der Waals surface area (Å²) in [5.74, 6) is -2.83. The number of fused-ring (bicyclic) bond motifs is 6. The lowest BCUT2D eigenvalue weighted by atomic mass is 9.96. The van der Waals surface area contributed by atoms with E-state index in [1.807, 2.05) is 52.0 Å². The van der Waals surface area contributed by atoms with E-state index >= 15 is 8.78 Å². The zero-order valence-electron chi connectivity index (χ0n) is 35.9. The molecule has 4 N–H and O–H groups in total. The van der Waals surface area contributed by atoms with Crippen molar-refractivity contribution in [2.45, 2.75) is 83.5 Å². The largest absolute Gasteiger partial charge is 0.453 e. The summed E-state index contributed by atoms with van der Waals surface area (Å²) in [6.45, 7) is 7.93. The van der Waals surface area contributed by atoms with Gasteiger partial charge in [0.15, 0.2) is 0 Å². The number of aromatic nitrogens is 4. The molecule has 328 valence electrons. The summed E-state index contributed by atoms with van der Waals surface area (Å²) in [6, 6.07) is 13.5. The Kier molecular flexibility index (Phi) is 10.6. The molecular weight excluding hydrogens is 811 g/mol. The molecule has 4 amide bonds. The summed E-state index contributed by atoms with van der Waals surface area (Å²) < 4.78 is 42.7. The maximum absolute atomic E-state index is 16.6. The maximum Gasteiger partial charge on any atom is 0.407 e. The number of benzene rings is 3. The van der Waals surface area contributed by atoms with E-state index in [2.05, 4.69) is 31.7 Å². The fraction of sp³-hybridized carbons (Fsp3) is 0.404. The van der Waals surface area contributed by atoms with E-state index in [-0.39, 0.29) is 52.8 Å². The van der Waals surface area contributed by atoms with Gasteiger partial charge in [-0.1, -0.05) is 64.1 Å². The van der Waals surface area contributed by atoms with Gasteiger partial charge in [-0.3, -0.25) is 9.59 Å². The molecule has 5 atom stereocenters. The standard InChI is InChI=1S/C47H50F2N8O6/c1-23(2)38(54-45(60)62-5)43(58)56-17-7-8-37(56)41-50-22-36(53-41)27-11-15-31-30-14-10-25(19-32(30)47(48,49)33(31)20-27)26-12-16-34-35(21-26)52-42(51-34)40-28-9-13-29(18-28)57(40)44(59)39(24(3)4)55-46(61)63-6/h10-16,19-24,28,37-40H,7-9,17-18H2,1-6H3,(H,50,53)(H,51,52)(H,54,60)(H,55,61)/t28-,37?,38-,39-,40-/m0/s1. The Bertz CT molecular complexity index is 2690. The number of ether oxygens (including phenoxy) is 2. The average Bonchev–Trinajstić information content (AvgIpc) is 4.15. The van der Waals surface area contributed by atoms with E-state index in [9.17, 15) is 19.2 Å². The Morgan fingerprint density at radius 1 is 0.810 bits per heavy atom. The van der Waals surface area contributed by atoms with E-state index in [1.165, 1.54) is 20.3 Å². The lowest BCUT2D eigenvalue weighted by Gasteiger charge is -2.33. The Morgan fingerprint density at radius 3 is 2.10 bits per heavy atom. The van der Waals surface area contributed by atoms with Gasteiger partial charge in [0.1, 0.15) is 23.7 Å². The smallest absolute Gasteiger partial charge is 0.407 e. The van der Waals surface area contributed by atoms with Gasteiger partial charge < -0.3 is 39.9 Å². The Hall–Kier alpha value is -6.58. The number of nitrogens with one attached hydrogen (secondary N) is 4. The quantitative estimate of drug-likeness (QED) is 0.108. The average molecular weight is 861 g/mol. The number of allylic oxidation sites excluding steroid dienone is 2. The number of H-pyrrole nitrogens is 2. The first-order valence-electron chi connectivity index (χ1n) is 21.4. The highest BCUT2D eigenvalue weighted by molar-refractivity contribution is 5.90. The predicted molar refractivity (Wildman–Crippen MR) is 230 cm³/mol. The number of aromatic amines is 2.